The summed E-state index contributed by atoms with van der Waals surface area (Å²) in [7, 11) is 0. The first-order valence-corrected chi connectivity index (χ1v) is 6.71. The van der Waals surface area contributed by atoms with Gasteiger partial charge in [-0.3, -0.25) is 0 Å². The third-order valence-electron chi connectivity index (χ3n) is 1.72. The Morgan fingerprint density at radius 2 is 2.25 bits per heavy atom. The number of thioether (sulfide) groups is 1. The summed E-state index contributed by atoms with van der Waals surface area (Å²) in [6.07, 6.45) is -3.19. The zero-order valence-corrected chi connectivity index (χ0v) is 10.3. The molecule has 1 unspecified atom stereocenters. The first-order valence-electron chi connectivity index (χ1n) is 4.74. The highest BCUT2D eigenvalue weighted by Crippen LogP contribution is 2.34. The lowest BCUT2D eigenvalue weighted by molar-refractivity contribution is -0.137. The summed E-state index contributed by atoms with van der Waals surface area (Å²) in [6.45, 7) is 2.01. The van der Waals surface area contributed by atoms with Gasteiger partial charge in [-0.1, -0.05) is 6.92 Å². The van der Waals surface area contributed by atoms with Crippen molar-refractivity contribution in [3.05, 3.63) is 16.1 Å². The third-order valence-corrected chi connectivity index (χ3v) is 4.11. The average Bonchev–Trinajstić information content (AvgIpc) is 2.66. The van der Waals surface area contributed by atoms with Gasteiger partial charge in [0.15, 0.2) is 5.01 Å². The van der Waals surface area contributed by atoms with Gasteiger partial charge in [0, 0.05) is 11.9 Å². The van der Waals surface area contributed by atoms with Crippen molar-refractivity contribution < 1.29 is 18.3 Å². The van der Waals surface area contributed by atoms with Gasteiger partial charge in [-0.05, 0) is 12.2 Å². The summed E-state index contributed by atoms with van der Waals surface area (Å²) in [5.41, 5.74) is 0. The lowest BCUT2D eigenvalue weighted by Crippen LogP contribution is -2.03. The predicted molar refractivity (Wildman–Crippen MR) is 59.7 cm³/mol. The van der Waals surface area contributed by atoms with Crippen LogP contribution in [0.2, 0.25) is 0 Å². The van der Waals surface area contributed by atoms with E-state index in [1.54, 1.807) is 0 Å². The van der Waals surface area contributed by atoms with Gasteiger partial charge in [0.1, 0.15) is 0 Å². The van der Waals surface area contributed by atoms with Crippen molar-refractivity contribution >= 4 is 23.1 Å². The molecule has 0 spiro atoms. The maximum Gasteiger partial charge on any atom is 0.443 e. The van der Waals surface area contributed by atoms with Crippen LogP contribution in [-0.4, -0.2) is 21.6 Å². The molecule has 0 saturated heterocycles. The number of thiazole rings is 1. The third kappa shape index (κ3) is 3.95. The molecule has 0 aliphatic heterocycles. The Morgan fingerprint density at radius 3 is 2.75 bits per heavy atom. The summed E-state index contributed by atoms with van der Waals surface area (Å²) in [6, 6.07) is 0. The standard InChI is InChI=1S/C9H12F3NOS2/c1-2-3-15-5-6(14)7-4-13-8(16-7)9(10,11)12/h4,6,14H,2-3,5H2,1H3. The molecule has 7 heteroatoms. The molecule has 0 radical (unpaired) electrons. The fourth-order valence-corrected chi connectivity index (χ4v) is 2.73. The number of aromatic nitrogens is 1. The predicted octanol–water partition coefficient (Wildman–Crippen LogP) is 3.34. The highest BCUT2D eigenvalue weighted by atomic mass is 32.2. The molecule has 1 heterocycles. The van der Waals surface area contributed by atoms with E-state index in [9.17, 15) is 18.3 Å². The number of nitrogens with zero attached hydrogens (tertiary/aromatic N) is 1. The van der Waals surface area contributed by atoms with E-state index in [1.165, 1.54) is 11.8 Å². The Balaban J connectivity index is 2.56. The van der Waals surface area contributed by atoms with Gasteiger partial charge >= 0.3 is 6.18 Å². The minimum Gasteiger partial charge on any atom is -0.387 e. The lowest BCUT2D eigenvalue weighted by Gasteiger charge is -2.06. The second-order valence-corrected chi connectivity index (χ2v) is 5.37. The number of hydrogen-bond donors (Lipinski definition) is 1. The molecule has 0 aliphatic rings. The first kappa shape index (κ1) is 13.8. The van der Waals surface area contributed by atoms with E-state index < -0.39 is 17.3 Å². The van der Waals surface area contributed by atoms with Crippen LogP contribution in [0.5, 0.6) is 0 Å². The van der Waals surface area contributed by atoms with Gasteiger partial charge in [-0.2, -0.15) is 24.9 Å². The van der Waals surface area contributed by atoms with Crippen LogP contribution < -0.4 is 0 Å². The second kappa shape index (κ2) is 5.88. The molecule has 2 nitrogen and oxygen atoms in total. The molecule has 1 rings (SSSR count). The van der Waals surface area contributed by atoms with Gasteiger partial charge < -0.3 is 5.11 Å². The van der Waals surface area contributed by atoms with Crippen molar-refractivity contribution in [1.29, 1.82) is 0 Å². The van der Waals surface area contributed by atoms with Gasteiger partial charge in [0.2, 0.25) is 0 Å². The van der Waals surface area contributed by atoms with E-state index in [0.29, 0.717) is 17.1 Å². The van der Waals surface area contributed by atoms with E-state index in [4.69, 9.17) is 0 Å². The van der Waals surface area contributed by atoms with Crippen LogP contribution in [0.25, 0.3) is 0 Å². The molecule has 1 atom stereocenters. The minimum absolute atomic E-state index is 0.274. The number of alkyl halides is 3. The average molecular weight is 271 g/mol. The number of halogens is 3. The molecule has 0 aromatic carbocycles. The number of aliphatic hydroxyl groups is 1. The van der Waals surface area contributed by atoms with Gasteiger partial charge in [0.05, 0.1) is 11.0 Å². The maximum atomic E-state index is 12.2. The van der Waals surface area contributed by atoms with Crippen molar-refractivity contribution in [2.75, 3.05) is 11.5 Å². The smallest absolute Gasteiger partial charge is 0.387 e. The zero-order chi connectivity index (χ0) is 12.2. The Labute approximate surface area is 99.9 Å². The Morgan fingerprint density at radius 1 is 1.56 bits per heavy atom. The summed E-state index contributed by atoms with van der Waals surface area (Å²) < 4.78 is 36.7. The van der Waals surface area contributed by atoms with Crippen LogP contribution in [-0.2, 0) is 6.18 Å². The van der Waals surface area contributed by atoms with Crippen molar-refractivity contribution in [2.24, 2.45) is 0 Å². The van der Waals surface area contributed by atoms with Crippen molar-refractivity contribution in [2.45, 2.75) is 25.6 Å². The van der Waals surface area contributed by atoms with E-state index in [1.807, 2.05) is 6.92 Å². The highest BCUT2D eigenvalue weighted by molar-refractivity contribution is 7.99. The quantitative estimate of drug-likeness (QED) is 0.834. The zero-order valence-electron chi connectivity index (χ0n) is 8.62. The molecule has 16 heavy (non-hydrogen) atoms. The summed E-state index contributed by atoms with van der Waals surface area (Å²) in [5.74, 6) is 1.30. The Bertz CT molecular complexity index is 327. The molecule has 0 bridgehead atoms. The molecule has 92 valence electrons. The van der Waals surface area contributed by atoms with E-state index >= 15 is 0 Å². The summed E-state index contributed by atoms with van der Waals surface area (Å²) >= 11 is 2.03. The number of aliphatic hydroxyl groups excluding tert-OH is 1. The minimum atomic E-state index is -4.42. The van der Waals surface area contributed by atoms with E-state index in [0.717, 1.165) is 18.4 Å². The summed E-state index contributed by atoms with van der Waals surface area (Å²) in [5, 5.41) is 8.71. The van der Waals surface area contributed by atoms with Gasteiger partial charge in [-0.25, -0.2) is 4.98 Å². The van der Waals surface area contributed by atoms with Gasteiger partial charge in [-0.15, -0.1) is 11.3 Å². The molecule has 1 N–H and O–H groups in total. The Kier molecular flexibility index (Phi) is 5.07. The maximum absolute atomic E-state index is 12.2. The van der Waals surface area contributed by atoms with E-state index in [-0.39, 0.29) is 4.88 Å². The van der Waals surface area contributed by atoms with Crippen LogP contribution in [0.1, 0.15) is 29.3 Å². The van der Waals surface area contributed by atoms with E-state index in [2.05, 4.69) is 4.98 Å². The first-order chi connectivity index (χ1) is 7.45. The van der Waals surface area contributed by atoms with Gasteiger partial charge in [0.25, 0.3) is 0 Å². The molecule has 0 fully saturated rings. The molecule has 1 aromatic rings. The normalized spacial score (nSPS) is 14.1. The molecule has 0 saturated carbocycles. The Hall–Kier alpha value is -0.270. The highest BCUT2D eigenvalue weighted by Gasteiger charge is 2.35. The molecular weight excluding hydrogens is 259 g/mol. The number of rotatable bonds is 5. The van der Waals surface area contributed by atoms with Crippen LogP contribution in [0.4, 0.5) is 13.2 Å². The monoisotopic (exact) mass is 271 g/mol. The topological polar surface area (TPSA) is 33.1 Å². The second-order valence-electron chi connectivity index (χ2n) is 3.16. The molecule has 1 aromatic heterocycles. The molecular formula is C9H12F3NOS2. The van der Waals surface area contributed by atoms with Crippen LogP contribution in [0.3, 0.4) is 0 Å². The van der Waals surface area contributed by atoms with Crippen molar-refractivity contribution in [3.63, 3.8) is 0 Å². The number of hydrogen-bond acceptors (Lipinski definition) is 4. The van der Waals surface area contributed by atoms with Crippen molar-refractivity contribution in [3.8, 4) is 0 Å². The lowest BCUT2D eigenvalue weighted by atomic mass is 10.4. The van der Waals surface area contributed by atoms with Crippen molar-refractivity contribution in [1.82, 2.24) is 4.98 Å². The van der Waals surface area contributed by atoms with Crippen LogP contribution in [0.15, 0.2) is 6.20 Å². The van der Waals surface area contributed by atoms with Crippen LogP contribution in [0, 0.1) is 0 Å². The van der Waals surface area contributed by atoms with Crippen LogP contribution >= 0.6 is 23.1 Å². The SMILES string of the molecule is CCCSCC(O)c1cnc(C(F)(F)F)s1. The molecule has 0 amide bonds. The fraction of sp³-hybridized carbons (Fsp3) is 0.667. The summed E-state index contributed by atoms with van der Waals surface area (Å²) in [4.78, 5) is 3.54. The molecule has 0 aliphatic carbocycles. The fourth-order valence-electron chi connectivity index (χ4n) is 0.993. The largest absolute Gasteiger partial charge is 0.443 e.